The molecule has 84 valence electrons. The average Bonchev–Trinajstić information content (AvgIpc) is 2.32. The van der Waals surface area contributed by atoms with Crippen LogP contribution in [-0.4, -0.2) is 12.1 Å². The number of ether oxygens (including phenoxy) is 1. The van der Waals surface area contributed by atoms with Gasteiger partial charge in [-0.25, -0.2) is 13.8 Å². The van der Waals surface area contributed by atoms with Gasteiger partial charge >= 0.3 is 0 Å². The molecule has 5 heteroatoms. The summed E-state index contributed by atoms with van der Waals surface area (Å²) in [5.41, 5.74) is 0.801. The van der Waals surface area contributed by atoms with E-state index in [0.29, 0.717) is 10.7 Å². The second kappa shape index (κ2) is 4.33. The minimum Gasteiger partial charge on any atom is -0.481 e. The molecule has 1 aromatic heterocycles. The van der Waals surface area contributed by atoms with E-state index < -0.39 is 11.6 Å². The molecule has 0 atom stereocenters. The number of halogens is 3. The van der Waals surface area contributed by atoms with Crippen molar-refractivity contribution in [3.8, 4) is 5.88 Å². The molecule has 0 aliphatic heterocycles. The lowest BCUT2D eigenvalue weighted by Gasteiger charge is -2.07. The van der Waals surface area contributed by atoms with Crippen molar-refractivity contribution in [2.24, 2.45) is 0 Å². The first-order valence-electron chi connectivity index (χ1n) is 4.55. The second-order valence-electron chi connectivity index (χ2n) is 3.21. The fourth-order valence-corrected chi connectivity index (χ4v) is 1.96. The van der Waals surface area contributed by atoms with Gasteiger partial charge in [0.25, 0.3) is 0 Å². The number of aromatic nitrogens is 1. The molecule has 0 unspecified atom stereocenters. The van der Waals surface area contributed by atoms with Crippen LogP contribution < -0.4 is 4.74 Å². The van der Waals surface area contributed by atoms with Crippen molar-refractivity contribution in [1.82, 2.24) is 4.98 Å². The van der Waals surface area contributed by atoms with Gasteiger partial charge in [-0.3, -0.25) is 0 Å². The molecule has 0 aliphatic rings. The number of benzene rings is 1. The van der Waals surface area contributed by atoms with Gasteiger partial charge in [0.2, 0.25) is 5.88 Å². The molecule has 0 saturated heterocycles. The van der Waals surface area contributed by atoms with E-state index in [4.69, 9.17) is 4.74 Å². The smallest absolute Gasteiger partial charge is 0.213 e. The van der Waals surface area contributed by atoms with E-state index in [1.165, 1.54) is 13.2 Å². The minimum atomic E-state index is -0.946. The van der Waals surface area contributed by atoms with Gasteiger partial charge < -0.3 is 4.74 Å². The monoisotopic (exact) mass is 287 g/mol. The molecular weight excluding hydrogens is 280 g/mol. The number of rotatable bonds is 2. The summed E-state index contributed by atoms with van der Waals surface area (Å²) < 4.78 is 31.5. The van der Waals surface area contributed by atoms with Crippen LogP contribution in [0.25, 0.3) is 10.9 Å². The fourth-order valence-electron chi connectivity index (χ4n) is 1.49. The van der Waals surface area contributed by atoms with Crippen molar-refractivity contribution in [2.45, 2.75) is 5.33 Å². The first-order chi connectivity index (χ1) is 7.67. The van der Waals surface area contributed by atoms with Crippen LogP contribution in [0, 0.1) is 11.6 Å². The van der Waals surface area contributed by atoms with Crippen LogP contribution in [0.3, 0.4) is 0 Å². The highest BCUT2D eigenvalue weighted by Crippen LogP contribution is 2.26. The topological polar surface area (TPSA) is 22.1 Å². The Bertz CT molecular complexity index is 545. The molecule has 16 heavy (non-hydrogen) atoms. The van der Waals surface area contributed by atoms with Gasteiger partial charge in [-0.2, -0.15) is 0 Å². The van der Waals surface area contributed by atoms with Crippen molar-refractivity contribution in [1.29, 1.82) is 0 Å². The zero-order chi connectivity index (χ0) is 11.7. The number of fused-ring (bicyclic) bond motifs is 1. The van der Waals surface area contributed by atoms with Crippen molar-refractivity contribution in [3.63, 3.8) is 0 Å². The summed E-state index contributed by atoms with van der Waals surface area (Å²) in [6, 6.07) is 4.29. The van der Waals surface area contributed by atoms with Gasteiger partial charge in [-0.15, -0.1) is 0 Å². The SMILES string of the molecule is COc1cc(CBr)c2ccc(F)c(F)c2n1. The number of hydrogen-bond acceptors (Lipinski definition) is 2. The van der Waals surface area contributed by atoms with E-state index >= 15 is 0 Å². The second-order valence-corrected chi connectivity index (χ2v) is 3.78. The molecule has 0 fully saturated rings. The van der Waals surface area contributed by atoms with Gasteiger partial charge in [-0.1, -0.05) is 15.9 Å². The summed E-state index contributed by atoms with van der Waals surface area (Å²) in [4.78, 5) is 3.90. The number of hydrogen-bond donors (Lipinski definition) is 0. The van der Waals surface area contributed by atoms with Gasteiger partial charge in [0.1, 0.15) is 5.52 Å². The van der Waals surface area contributed by atoms with E-state index in [1.54, 1.807) is 6.07 Å². The van der Waals surface area contributed by atoms with Gasteiger partial charge in [-0.05, 0) is 17.7 Å². The third kappa shape index (κ3) is 1.75. The minimum absolute atomic E-state index is 0.00574. The van der Waals surface area contributed by atoms with E-state index in [1.807, 2.05) is 0 Å². The van der Waals surface area contributed by atoms with Gasteiger partial charge in [0.15, 0.2) is 11.6 Å². The Morgan fingerprint density at radius 3 is 2.75 bits per heavy atom. The quantitative estimate of drug-likeness (QED) is 0.790. The van der Waals surface area contributed by atoms with Crippen molar-refractivity contribution in [2.75, 3.05) is 7.11 Å². The van der Waals surface area contributed by atoms with E-state index in [0.717, 1.165) is 11.6 Å². The number of pyridine rings is 1. The predicted molar refractivity (Wildman–Crippen MR) is 60.8 cm³/mol. The molecule has 0 spiro atoms. The Labute approximate surface area is 99.4 Å². The molecular formula is C11H8BrF2NO. The van der Waals surface area contributed by atoms with Crippen LogP contribution in [0.2, 0.25) is 0 Å². The zero-order valence-corrected chi connectivity index (χ0v) is 10.0. The lowest BCUT2D eigenvalue weighted by atomic mass is 10.1. The normalized spacial score (nSPS) is 10.8. The highest BCUT2D eigenvalue weighted by molar-refractivity contribution is 9.08. The Morgan fingerprint density at radius 2 is 2.12 bits per heavy atom. The molecule has 2 aromatic rings. The summed E-state index contributed by atoms with van der Waals surface area (Å²) in [5, 5.41) is 1.10. The zero-order valence-electron chi connectivity index (χ0n) is 8.43. The fraction of sp³-hybridized carbons (Fsp3) is 0.182. The largest absolute Gasteiger partial charge is 0.481 e. The standard InChI is InChI=1S/C11H8BrF2NO/c1-16-9-4-6(5-12)7-2-3-8(13)10(14)11(7)15-9/h2-4H,5H2,1H3. The molecule has 1 heterocycles. The number of nitrogens with zero attached hydrogens (tertiary/aromatic N) is 1. The maximum Gasteiger partial charge on any atom is 0.213 e. The molecule has 0 amide bonds. The lowest BCUT2D eigenvalue weighted by molar-refractivity contribution is 0.398. The van der Waals surface area contributed by atoms with Crippen LogP contribution in [0.15, 0.2) is 18.2 Å². The number of methoxy groups -OCH3 is 1. The van der Waals surface area contributed by atoms with Crippen molar-refractivity contribution >= 4 is 26.8 Å². The number of alkyl halides is 1. The molecule has 2 rings (SSSR count). The van der Waals surface area contributed by atoms with E-state index in [2.05, 4.69) is 20.9 Å². The highest BCUT2D eigenvalue weighted by Gasteiger charge is 2.12. The Balaban J connectivity index is 2.84. The van der Waals surface area contributed by atoms with Crippen LogP contribution in [0.5, 0.6) is 5.88 Å². The molecule has 0 N–H and O–H groups in total. The van der Waals surface area contributed by atoms with Crippen LogP contribution in [0.1, 0.15) is 5.56 Å². The van der Waals surface area contributed by atoms with Crippen LogP contribution >= 0.6 is 15.9 Å². The highest BCUT2D eigenvalue weighted by atomic mass is 79.9. The Morgan fingerprint density at radius 1 is 1.38 bits per heavy atom. The van der Waals surface area contributed by atoms with E-state index in [-0.39, 0.29) is 11.4 Å². The first-order valence-corrected chi connectivity index (χ1v) is 5.67. The van der Waals surface area contributed by atoms with Crippen molar-refractivity contribution in [3.05, 3.63) is 35.4 Å². The molecule has 0 radical (unpaired) electrons. The van der Waals surface area contributed by atoms with Crippen LogP contribution in [0.4, 0.5) is 8.78 Å². The molecule has 0 saturated carbocycles. The Hall–Kier alpha value is -1.23. The summed E-state index contributed by atoms with van der Waals surface area (Å²) in [7, 11) is 1.43. The predicted octanol–water partition coefficient (Wildman–Crippen LogP) is 3.42. The average molecular weight is 288 g/mol. The first kappa shape index (κ1) is 11.3. The van der Waals surface area contributed by atoms with Gasteiger partial charge in [0, 0.05) is 16.8 Å². The van der Waals surface area contributed by atoms with Gasteiger partial charge in [0.05, 0.1) is 7.11 Å². The summed E-state index contributed by atoms with van der Waals surface area (Å²) in [6.45, 7) is 0. The molecule has 0 aliphatic carbocycles. The summed E-state index contributed by atoms with van der Waals surface area (Å²) in [5.74, 6) is -1.58. The van der Waals surface area contributed by atoms with Crippen LogP contribution in [-0.2, 0) is 5.33 Å². The summed E-state index contributed by atoms with van der Waals surface area (Å²) >= 11 is 3.29. The Kier molecular flexibility index (Phi) is 3.05. The molecule has 2 nitrogen and oxygen atoms in total. The maximum atomic E-state index is 13.5. The summed E-state index contributed by atoms with van der Waals surface area (Å²) in [6.07, 6.45) is 0. The third-order valence-corrected chi connectivity index (χ3v) is 2.89. The maximum absolute atomic E-state index is 13.5. The molecule has 0 bridgehead atoms. The third-order valence-electron chi connectivity index (χ3n) is 2.29. The van der Waals surface area contributed by atoms with E-state index in [9.17, 15) is 8.78 Å². The lowest BCUT2D eigenvalue weighted by Crippen LogP contribution is -1.96. The van der Waals surface area contributed by atoms with Crippen molar-refractivity contribution < 1.29 is 13.5 Å². The molecule has 1 aromatic carbocycles.